The van der Waals surface area contributed by atoms with E-state index in [9.17, 15) is 0 Å². The normalized spacial score (nSPS) is 10.1. The Bertz CT molecular complexity index is 197. The van der Waals surface area contributed by atoms with Crippen LogP contribution in [-0.2, 0) is 11.5 Å². The first-order valence-electron chi connectivity index (χ1n) is 3.19. The van der Waals surface area contributed by atoms with E-state index in [0.717, 1.165) is 0 Å². The zero-order chi connectivity index (χ0) is 7.40. The van der Waals surface area contributed by atoms with Crippen molar-refractivity contribution in [1.29, 1.82) is 0 Å². The summed E-state index contributed by atoms with van der Waals surface area (Å²) in [5.41, 5.74) is 5.45. The summed E-state index contributed by atoms with van der Waals surface area (Å²) in [7, 11) is 0. The summed E-state index contributed by atoms with van der Waals surface area (Å²) >= 11 is 0. The van der Waals surface area contributed by atoms with E-state index in [1.807, 2.05) is 6.92 Å². The number of hydrogen-bond acceptors (Lipinski definition) is 3. The minimum absolute atomic E-state index is 0.488. The number of rotatable bonds is 3. The van der Waals surface area contributed by atoms with E-state index in [2.05, 4.69) is 4.98 Å². The second kappa shape index (κ2) is 3.22. The number of imidazole rings is 1. The second-order valence-corrected chi connectivity index (χ2v) is 1.88. The van der Waals surface area contributed by atoms with Crippen molar-refractivity contribution in [2.45, 2.75) is 13.7 Å². The smallest absolute Gasteiger partial charge is 0.202 e. The van der Waals surface area contributed by atoms with Gasteiger partial charge in [-0.15, -0.1) is 0 Å². The van der Waals surface area contributed by atoms with E-state index in [1.54, 1.807) is 17.0 Å². The van der Waals surface area contributed by atoms with Gasteiger partial charge >= 0.3 is 0 Å². The summed E-state index contributed by atoms with van der Waals surface area (Å²) in [6.45, 7) is 3.12. The largest absolute Gasteiger partial charge is 0.369 e. The first-order chi connectivity index (χ1) is 4.84. The van der Waals surface area contributed by atoms with Crippen LogP contribution in [0.1, 0.15) is 6.92 Å². The van der Waals surface area contributed by atoms with Crippen molar-refractivity contribution < 1.29 is 4.74 Å². The Balaban J connectivity index is 2.49. The van der Waals surface area contributed by atoms with Gasteiger partial charge in [0.25, 0.3) is 0 Å². The molecule has 0 bridgehead atoms. The Kier molecular flexibility index (Phi) is 2.28. The molecule has 4 nitrogen and oxygen atoms in total. The molecule has 56 valence electrons. The fraction of sp³-hybridized carbons (Fsp3) is 0.500. The highest BCUT2D eigenvalue weighted by atomic mass is 16.5. The van der Waals surface area contributed by atoms with E-state index < -0.39 is 0 Å². The molecule has 0 aromatic carbocycles. The highest BCUT2D eigenvalue weighted by Gasteiger charge is 1.93. The maximum Gasteiger partial charge on any atom is 0.202 e. The number of nitrogens with two attached hydrogens (primary N) is 1. The fourth-order valence-corrected chi connectivity index (χ4v) is 0.640. The lowest BCUT2D eigenvalue weighted by Crippen LogP contribution is -2.05. The molecule has 1 heterocycles. The van der Waals surface area contributed by atoms with E-state index in [-0.39, 0.29) is 0 Å². The molecule has 0 aliphatic carbocycles. The van der Waals surface area contributed by atoms with Crippen molar-refractivity contribution in [3.8, 4) is 0 Å². The number of aromatic nitrogens is 2. The SMILES string of the molecule is CCOCn1ccnc1N. The van der Waals surface area contributed by atoms with Gasteiger partial charge in [0.05, 0.1) is 0 Å². The third-order valence-corrected chi connectivity index (χ3v) is 1.18. The van der Waals surface area contributed by atoms with Crippen LogP contribution >= 0.6 is 0 Å². The minimum atomic E-state index is 0.488. The fourth-order valence-electron chi connectivity index (χ4n) is 0.640. The molecule has 10 heavy (non-hydrogen) atoms. The summed E-state index contributed by atoms with van der Waals surface area (Å²) in [5.74, 6) is 0.494. The number of ether oxygens (including phenoxy) is 1. The lowest BCUT2D eigenvalue weighted by atomic mass is 10.8. The van der Waals surface area contributed by atoms with Crippen LogP contribution in [0.4, 0.5) is 5.95 Å². The molecule has 0 atom stereocenters. The Labute approximate surface area is 59.6 Å². The van der Waals surface area contributed by atoms with E-state index in [0.29, 0.717) is 19.3 Å². The van der Waals surface area contributed by atoms with Crippen molar-refractivity contribution in [1.82, 2.24) is 9.55 Å². The van der Waals surface area contributed by atoms with Crippen LogP contribution in [0.3, 0.4) is 0 Å². The summed E-state index contributed by atoms with van der Waals surface area (Å²) in [5, 5.41) is 0. The van der Waals surface area contributed by atoms with Crippen LogP contribution < -0.4 is 5.73 Å². The predicted octanol–water partition coefficient (Wildman–Crippen LogP) is 0.459. The standard InChI is InChI=1S/C6H11N3O/c1-2-10-5-9-4-3-8-6(9)7/h3-4H,2,5H2,1H3,(H2,7,8). The molecule has 0 aliphatic rings. The van der Waals surface area contributed by atoms with Crippen molar-refractivity contribution >= 4 is 5.95 Å². The zero-order valence-electron chi connectivity index (χ0n) is 5.95. The third kappa shape index (κ3) is 1.48. The first kappa shape index (κ1) is 7.08. The van der Waals surface area contributed by atoms with Crippen molar-refractivity contribution in [2.24, 2.45) is 0 Å². The molecule has 0 fully saturated rings. The molecular formula is C6H11N3O. The van der Waals surface area contributed by atoms with Crippen molar-refractivity contribution in [3.05, 3.63) is 12.4 Å². The molecule has 0 saturated carbocycles. The zero-order valence-corrected chi connectivity index (χ0v) is 5.95. The molecule has 1 rings (SSSR count). The molecule has 0 amide bonds. The summed E-state index contributed by atoms with van der Waals surface area (Å²) < 4.78 is 6.84. The first-order valence-corrected chi connectivity index (χ1v) is 3.19. The molecule has 2 N–H and O–H groups in total. The summed E-state index contributed by atoms with van der Waals surface area (Å²) in [4.78, 5) is 3.83. The van der Waals surface area contributed by atoms with Gasteiger partial charge in [-0.05, 0) is 6.92 Å². The number of hydrogen-bond donors (Lipinski definition) is 1. The van der Waals surface area contributed by atoms with Crippen molar-refractivity contribution in [2.75, 3.05) is 12.3 Å². The molecule has 0 spiro atoms. The van der Waals surface area contributed by atoms with Crippen LogP contribution in [0.2, 0.25) is 0 Å². The highest BCUT2D eigenvalue weighted by Crippen LogP contribution is 1.97. The molecule has 1 aromatic rings. The van der Waals surface area contributed by atoms with Crippen LogP contribution in [0.5, 0.6) is 0 Å². The van der Waals surface area contributed by atoms with E-state index in [4.69, 9.17) is 10.5 Å². The maximum atomic E-state index is 5.45. The molecule has 1 aromatic heterocycles. The number of nitrogens with zero attached hydrogens (tertiary/aromatic N) is 2. The number of nitrogen functional groups attached to an aromatic ring is 1. The average Bonchev–Trinajstić information content (AvgIpc) is 2.31. The maximum absolute atomic E-state index is 5.45. The molecule has 0 unspecified atom stereocenters. The topological polar surface area (TPSA) is 53.1 Å². The number of anilines is 1. The van der Waals surface area contributed by atoms with Gasteiger partial charge in [-0.3, -0.25) is 4.57 Å². The van der Waals surface area contributed by atoms with Gasteiger partial charge in [0.15, 0.2) is 0 Å². The van der Waals surface area contributed by atoms with Gasteiger partial charge in [0.2, 0.25) is 5.95 Å². The minimum Gasteiger partial charge on any atom is -0.369 e. The predicted molar refractivity (Wildman–Crippen MR) is 38.3 cm³/mol. The summed E-state index contributed by atoms with van der Waals surface area (Å²) in [6.07, 6.45) is 3.43. The molecule has 0 radical (unpaired) electrons. The molecule has 0 saturated heterocycles. The van der Waals surface area contributed by atoms with Crippen molar-refractivity contribution in [3.63, 3.8) is 0 Å². The van der Waals surface area contributed by atoms with Gasteiger partial charge in [0, 0.05) is 19.0 Å². The monoisotopic (exact) mass is 141 g/mol. The summed E-state index contributed by atoms with van der Waals surface area (Å²) in [6, 6.07) is 0. The van der Waals surface area contributed by atoms with Gasteiger partial charge in [-0.25, -0.2) is 4.98 Å². The quantitative estimate of drug-likeness (QED) is 0.665. The van der Waals surface area contributed by atoms with Gasteiger partial charge < -0.3 is 10.5 Å². The Morgan fingerprint density at radius 3 is 3.10 bits per heavy atom. The van der Waals surface area contributed by atoms with Crippen LogP contribution in [-0.4, -0.2) is 16.2 Å². The molecular weight excluding hydrogens is 130 g/mol. The van der Waals surface area contributed by atoms with E-state index in [1.165, 1.54) is 0 Å². The Morgan fingerprint density at radius 2 is 2.60 bits per heavy atom. The lowest BCUT2D eigenvalue weighted by molar-refractivity contribution is 0.0893. The lowest BCUT2D eigenvalue weighted by Gasteiger charge is -2.02. The Morgan fingerprint density at radius 1 is 1.80 bits per heavy atom. The second-order valence-electron chi connectivity index (χ2n) is 1.88. The van der Waals surface area contributed by atoms with Gasteiger partial charge in [0.1, 0.15) is 6.73 Å². The van der Waals surface area contributed by atoms with Crippen LogP contribution in [0.25, 0.3) is 0 Å². The molecule has 0 aliphatic heterocycles. The van der Waals surface area contributed by atoms with Crippen LogP contribution in [0, 0.1) is 0 Å². The van der Waals surface area contributed by atoms with Gasteiger partial charge in [-0.2, -0.15) is 0 Å². The molecule has 4 heteroatoms. The van der Waals surface area contributed by atoms with Gasteiger partial charge in [-0.1, -0.05) is 0 Å². The van der Waals surface area contributed by atoms with Crippen LogP contribution in [0.15, 0.2) is 12.4 Å². The Hall–Kier alpha value is -1.03. The van der Waals surface area contributed by atoms with E-state index >= 15 is 0 Å². The average molecular weight is 141 g/mol. The highest BCUT2D eigenvalue weighted by molar-refractivity contribution is 5.15. The third-order valence-electron chi connectivity index (χ3n) is 1.18.